The molecule has 0 aromatic rings. The highest BCUT2D eigenvalue weighted by Crippen LogP contribution is 2.21. The Balaban J connectivity index is 1.97. The molecule has 15 heavy (non-hydrogen) atoms. The summed E-state index contributed by atoms with van der Waals surface area (Å²) in [5.74, 6) is 0.187. The van der Waals surface area contributed by atoms with Crippen molar-refractivity contribution in [2.24, 2.45) is 0 Å². The van der Waals surface area contributed by atoms with Gasteiger partial charge in [0.05, 0.1) is 0 Å². The number of carbonyl (C=O) groups is 2. The van der Waals surface area contributed by atoms with Crippen molar-refractivity contribution < 1.29 is 14.7 Å². The third-order valence-electron chi connectivity index (χ3n) is 3.22. The van der Waals surface area contributed by atoms with Crippen LogP contribution in [0.2, 0.25) is 0 Å². The summed E-state index contributed by atoms with van der Waals surface area (Å²) in [6.45, 7) is 1.89. The fraction of sp³-hybridized carbons (Fsp3) is 0.800. The normalized spacial score (nSPS) is 27.2. The first-order chi connectivity index (χ1) is 7.18. The van der Waals surface area contributed by atoms with Crippen LogP contribution < -0.4 is 0 Å². The molecule has 2 amide bonds. The molecule has 2 heterocycles. The van der Waals surface area contributed by atoms with E-state index < -0.39 is 6.09 Å². The molecule has 5 heteroatoms. The lowest BCUT2D eigenvalue weighted by Gasteiger charge is -2.36. The number of carbonyl (C=O) groups excluding carboxylic acids is 1. The maximum atomic E-state index is 11.5. The van der Waals surface area contributed by atoms with Gasteiger partial charge in [-0.25, -0.2) is 4.79 Å². The molecule has 0 radical (unpaired) electrons. The fourth-order valence-corrected chi connectivity index (χ4v) is 2.44. The number of piperidine rings is 1. The van der Waals surface area contributed by atoms with E-state index in [9.17, 15) is 9.59 Å². The Kier molecular flexibility index (Phi) is 2.79. The first-order valence-corrected chi connectivity index (χ1v) is 5.46. The van der Waals surface area contributed by atoms with Crippen LogP contribution in [-0.4, -0.2) is 52.6 Å². The topological polar surface area (TPSA) is 60.9 Å². The van der Waals surface area contributed by atoms with Crippen LogP contribution in [0.5, 0.6) is 0 Å². The van der Waals surface area contributed by atoms with Crippen molar-refractivity contribution in [3.63, 3.8) is 0 Å². The number of amides is 2. The lowest BCUT2D eigenvalue weighted by molar-refractivity contribution is -0.130. The van der Waals surface area contributed by atoms with E-state index in [4.69, 9.17) is 5.11 Å². The Morgan fingerprint density at radius 1 is 1.33 bits per heavy atom. The quantitative estimate of drug-likeness (QED) is 0.697. The van der Waals surface area contributed by atoms with Crippen molar-refractivity contribution in [2.75, 3.05) is 19.6 Å². The number of nitrogens with zero attached hydrogens (tertiary/aromatic N) is 2. The predicted molar refractivity (Wildman–Crippen MR) is 53.6 cm³/mol. The average molecular weight is 212 g/mol. The molecular weight excluding hydrogens is 196 g/mol. The summed E-state index contributed by atoms with van der Waals surface area (Å²) in [5.41, 5.74) is 0. The van der Waals surface area contributed by atoms with Crippen LogP contribution in [0.3, 0.4) is 0 Å². The summed E-state index contributed by atoms with van der Waals surface area (Å²) in [6, 6.07) is 0.116. The molecule has 2 aliphatic heterocycles. The number of rotatable bonds is 1. The Morgan fingerprint density at radius 2 is 2.13 bits per heavy atom. The molecule has 0 bridgehead atoms. The Morgan fingerprint density at radius 3 is 2.73 bits per heavy atom. The van der Waals surface area contributed by atoms with E-state index >= 15 is 0 Å². The van der Waals surface area contributed by atoms with E-state index in [0.717, 1.165) is 25.8 Å². The number of carboxylic acid groups (broad SMARTS) is 1. The second-order valence-electron chi connectivity index (χ2n) is 4.22. The summed E-state index contributed by atoms with van der Waals surface area (Å²) in [5, 5.41) is 8.89. The van der Waals surface area contributed by atoms with Gasteiger partial charge in [-0.05, 0) is 19.3 Å². The molecule has 1 N–H and O–H groups in total. The van der Waals surface area contributed by atoms with Gasteiger partial charge in [-0.3, -0.25) is 4.79 Å². The third-order valence-corrected chi connectivity index (χ3v) is 3.22. The highest BCUT2D eigenvalue weighted by Gasteiger charge is 2.32. The van der Waals surface area contributed by atoms with Crippen molar-refractivity contribution in [1.29, 1.82) is 0 Å². The number of hydrogen-bond acceptors (Lipinski definition) is 2. The molecule has 0 aromatic carbocycles. The second kappa shape index (κ2) is 4.08. The minimum Gasteiger partial charge on any atom is -0.465 e. The van der Waals surface area contributed by atoms with Crippen molar-refractivity contribution in [1.82, 2.24) is 9.80 Å². The van der Waals surface area contributed by atoms with Gasteiger partial charge in [0.1, 0.15) is 0 Å². The molecule has 2 aliphatic rings. The first-order valence-electron chi connectivity index (χ1n) is 5.46. The Labute approximate surface area is 88.6 Å². The van der Waals surface area contributed by atoms with Gasteiger partial charge in [0.15, 0.2) is 0 Å². The molecule has 1 atom stereocenters. The molecule has 0 aromatic heterocycles. The Bertz CT molecular complexity index is 280. The molecule has 84 valence electrons. The highest BCUT2D eigenvalue weighted by molar-refractivity contribution is 5.78. The van der Waals surface area contributed by atoms with E-state index in [0.29, 0.717) is 19.5 Å². The van der Waals surface area contributed by atoms with E-state index in [1.807, 2.05) is 4.90 Å². The number of hydrogen-bond donors (Lipinski definition) is 1. The van der Waals surface area contributed by atoms with Crippen molar-refractivity contribution in [3.8, 4) is 0 Å². The molecule has 1 unspecified atom stereocenters. The smallest absolute Gasteiger partial charge is 0.407 e. The lowest BCUT2D eigenvalue weighted by Crippen LogP contribution is -2.49. The van der Waals surface area contributed by atoms with Gasteiger partial charge in [0.25, 0.3) is 0 Å². The van der Waals surface area contributed by atoms with E-state index in [2.05, 4.69) is 0 Å². The van der Waals surface area contributed by atoms with Crippen LogP contribution in [-0.2, 0) is 4.79 Å². The van der Waals surface area contributed by atoms with Crippen LogP contribution >= 0.6 is 0 Å². The summed E-state index contributed by atoms with van der Waals surface area (Å²) in [4.78, 5) is 25.6. The first kappa shape index (κ1) is 10.3. The molecule has 0 spiro atoms. The monoisotopic (exact) mass is 212 g/mol. The average Bonchev–Trinajstić information content (AvgIpc) is 2.64. The van der Waals surface area contributed by atoms with Gasteiger partial charge in [0.2, 0.25) is 5.91 Å². The summed E-state index contributed by atoms with van der Waals surface area (Å²) >= 11 is 0. The largest absolute Gasteiger partial charge is 0.465 e. The van der Waals surface area contributed by atoms with E-state index in [1.165, 1.54) is 4.90 Å². The molecule has 2 saturated heterocycles. The van der Waals surface area contributed by atoms with E-state index in [1.54, 1.807) is 0 Å². The maximum Gasteiger partial charge on any atom is 0.407 e. The zero-order valence-corrected chi connectivity index (χ0v) is 8.69. The van der Waals surface area contributed by atoms with Crippen LogP contribution in [0.25, 0.3) is 0 Å². The maximum absolute atomic E-state index is 11.5. The molecule has 5 nitrogen and oxygen atoms in total. The summed E-state index contributed by atoms with van der Waals surface area (Å²) in [6.07, 6.45) is 2.48. The zero-order valence-electron chi connectivity index (χ0n) is 8.69. The predicted octanol–water partition coefficient (Wildman–Crippen LogP) is 0.751. The molecule has 2 rings (SSSR count). The number of likely N-dealkylation sites (tertiary alicyclic amines) is 2. The zero-order chi connectivity index (χ0) is 10.8. The van der Waals surface area contributed by atoms with Crippen LogP contribution in [0.15, 0.2) is 0 Å². The molecular formula is C10H16N2O3. The highest BCUT2D eigenvalue weighted by atomic mass is 16.4. The fourth-order valence-electron chi connectivity index (χ4n) is 2.44. The van der Waals surface area contributed by atoms with Crippen molar-refractivity contribution in [2.45, 2.75) is 31.7 Å². The van der Waals surface area contributed by atoms with Gasteiger partial charge in [-0.1, -0.05) is 0 Å². The molecule has 0 aliphatic carbocycles. The van der Waals surface area contributed by atoms with E-state index in [-0.39, 0.29) is 11.9 Å². The van der Waals surface area contributed by atoms with Gasteiger partial charge in [0, 0.05) is 32.1 Å². The lowest BCUT2D eigenvalue weighted by atomic mass is 10.0. The Hall–Kier alpha value is -1.26. The second-order valence-corrected chi connectivity index (χ2v) is 4.22. The summed E-state index contributed by atoms with van der Waals surface area (Å²) in [7, 11) is 0. The molecule has 2 fully saturated rings. The van der Waals surface area contributed by atoms with Crippen LogP contribution in [0.1, 0.15) is 25.7 Å². The van der Waals surface area contributed by atoms with Gasteiger partial charge in [-0.2, -0.15) is 0 Å². The molecule has 0 saturated carbocycles. The summed E-state index contributed by atoms with van der Waals surface area (Å²) < 4.78 is 0. The van der Waals surface area contributed by atoms with Gasteiger partial charge in [-0.15, -0.1) is 0 Å². The third kappa shape index (κ3) is 2.06. The van der Waals surface area contributed by atoms with Crippen molar-refractivity contribution in [3.05, 3.63) is 0 Å². The SMILES string of the molecule is O=C(O)N1CCCC(N2CCCC2=O)C1. The van der Waals surface area contributed by atoms with Crippen LogP contribution in [0.4, 0.5) is 4.79 Å². The minimum atomic E-state index is -0.869. The minimum absolute atomic E-state index is 0.116. The van der Waals surface area contributed by atoms with Crippen LogP contribution in [0, 0.1) is 0 Å². The van der Waals surface area contributed by atoms with Gasteiger partial charge >= 0.3 is 6.09 Å². The van der Waals surface area contributed by atoms with Crippen molar-refractivity contribution >= 4 is 12.0 Å². The van der Waals surface area contributed by atoms with Gasteiger partial charge < -0.3 is 14.9 Å². The standard InChI is InChI=1S/C10H16N2O3/c13-9-4-2-6-12(9)8-3-1-5-11(7-8)10(14)15/h8H,1-7H2,(H,14,15).